The molecule has 3 aromatic heterocycles. The molecule has 5 heterocycles. The zero-order chi connectivity index (χ0) is 31.4. The van der Waals surface area contributed by atoms with Crippen molar-refractivity contribution in [1.82, 2.24) is 24.6 Å². The number of amides is 1. The molecule has 0 saturated heterocycles. The highest BCUT2D eigenvalue weighted by molar-refractivity contribution is 7.15. The summed E-state index contributed by atoms with van der Waals surface area (Å²) in [5.74, 6) is 2.29. The Morgan fingerprint density at radius 1 is 1.00 bits per heavy atom. The van der Waals surface area contributed by atoms with E-state index in [2.05, 4.69) is 25.8 Å². The number of nitrogens with zero attached hydrogens (tertiary/aromatic N) is 6. The number of pyridine rings is 1. The highest BCUT2D eigenvalue weighted by Crippen LogP contribution is 2.42. The first kappa shape index (κ1) is 28.6. The smallest absolute Gasteiger partial charge is 0.254 e. The lowest BCUT2D eigenvalue weighted by Gasteiger charge is -2.28. The number of ether oxygens (including phenoxy) is 1. The van der Waals surface area contributed by atoms with Crippen LogP contribution in [0.5, 0.6) is 5.75 Å². The van der Waals surface area contributed by atoms with Gasteiger partial charge in [-0.25, -0.2) is 4.98 Å². The van der Waals surface area contributed by atoms with Gasteiger partial charge in [0, 0.05) is 38.5 Å². The van der Waals surface area contributed by atoms with Gasteiger partial charge in [0.15, 0.2) is 5.82 Å². The summed E-state index contributed by atoms with van der Waals surface area (Å²) in [6.45, 7) is 5.46. The Balaban J connectivity index is 1.04. The van der Waals surface area contributed by atoms with Crippen LogP contribution < -0.4 is 4.74 Å². The Morgan fingerprint density at radius 3 is 2.65 bits per heavy atom. The number of aryl methyl sites for hydroxylation is 1. The van der Waals surface area contributed by atoms with Gasteiger partial charge in [0.25, 0.3) is 5.91 Å². The number of aliphatic imine (C=N–C) groups is 1. The number of carbonyl (C=O) groups excluding carboxylic acids is 1. The van der Waals surface area contributed by atoms with Crippen molar-refractivity contribution in [3.05, 3.63) is 134 Å². The molecule has 2 aliphatic rings. The zero-order valence-corrected chi connectivity index (χ0v) is 26.8. The average Bonchev–Trinajstić information content (AvgIpc) is 3.62. The zero-order valence-electron chi connectivity index (χ0n) is 25.3. The van der Waals surface area contributed by atoms with Gasteiger partial charge < -0.3 is 9.64 Å². The van der Waals surface area contributed by atoms with Crippen LogP contribution in [-0.2, 0) is 19.6 Å². The summed E-state index contributed by atoms with van der Waals surface area (Å²) in [6.07, 6.45) is 0.710. The van der Waals surface area contributed by atoms with E-state index in [9.17, 15) is 4.79 Å². The molecule has 228 valence electrons. The summed E-state index contributed by atoms with van der Waals surface area (Å²) in [5.41, 5.74) is 6.45. The van der Waals surface area contributed by atoms with Gasteiger partial charge in [0.1, 0.15) is 29.2 Å². The van der Waals surface area contributed by atoms with Gasteiger partial charge >= 0.3 is 0 Å². The molecule has 6 aromatic rings. The minimum Gasteiger partial charge on any atom is -0.487 e. The van der Waals surface area contributed by atoms with Crippen LogP contribution in [0.25, 0.3) is 15.9 Å². The molecule has 0 aliphatic carbocycles. The monoisotopic (exact) mass is 644 g/mol. The molecule has 0 spiro atoms. The molecule has 0 fully saturated rings. The van der Waals surface area contributed by atoms with Crippen LogP contribution in [-0.4, -0.2) is 42.8 Å². The van der Waals surface area contributed by atoms with E-state index in [0.717, 1.165) is 55.0 Å². The third kappa shape index (κ3) is 4.96. The second-order valence-electron chi connectivity index (χ2n) is 11.5. The van der Waals surface area contributed by atoms with Gasteiger partial charge in [-0.1, -0.05) is 54.1 Å². The van der Waals surface area contributed by atoms with Crippen molar-refractivity contribution < 1.29 is 9.53 Å². The van der Waals surface area contributed by atoms with E-state index in [-0.39, 0.29) is 11.9 Å². The predicted molar refractivity (Wildman–Crippen MR) is 180 cm³/mol. The van der Waals surface area contributed by atoms with Crippen molar-refractivity contribution in [2.24, 2.45) is 4.99 Å². The number of fused-ring (bicyclic) bond motifs is 6. The highest BCUT2D eigenvalue weighted by atomic mass is 35.5. The van der Waals surface area contributed by atoms with Crippen molar-refractivity contribution in [3.63, 3.8) is 0 Å². The molecule has 0 bridgehead atoms. The molecule has 8 nitrogen and oxygen atoms in total. The molecule has 1 unspecified atom stereocenters. The molecular formula is C36H29ClN6O2S. The number of aromatic nitrogens is 4. The largest absolute Gasteiger partial charge is 0.487 e. The number of rotatable bonds is 5. The second-order valence-corrected chi connectivity index (χ2v) is 13.0. The minimum absolute atomic E-state index is 0.00762. The molecule has 0 N–H and O–H groups in total. The third-order valence-electron chi connectivity index (χ3n) is 8.58. The van der Waals surface area contributed by atoms with Crippen molar-refractivity contribution in [2.75, 3.05) is 6.54 Å². The molecule has 46 heavy (non-hydrogen) atoms. The summed E-state index contributed by atoms with van der Waals surface area (Å²) >= 11 is 8.41. The Bertz CT molecular complexity index is 2170. The number of hydrogen-bond donors (Lipinski definition) is 0. The Hall–Kier alpha value is -4.86. The lowest BCUT2D eigenvalue weighted by molar-refractivity contribution is 0.0737. The van der Waals surface area contributed by atoms with Crippen molar-refractivity contribution in [2.45, 2.75) is 39.5 Å². The van der Waals surface area contributed by atoms with Crippen molar-refractivity contribution >= 4 is 45.5 Å². The maximum absolute atomic E-state index is 13.7. The predicted octanol–water partition coefficient (Wildman–Crippen LogP) is 7.53. The van der Waals surface area contributed by atoms with Crippen LogP contribution >= 0.6 is 22.9 Å². The van der Waals surface area contributed by atoms with Crippen molar-refractivity contribution in [1.29, 1.82) is 0 Å². The number of hydrogen-bond acceptors (Lipinski definition) is 7. The van der Waals surface area contributed by atoms with Crippen LogP contribution in [0.1, 0.15) is 62.2 Å². The van der Waals surface area contributed by atoms with Crippen LogP contribution in [0.3, 0.4) is 0 Å². The second kappa shape index (κ2) is 11.5. The SMILES string of the molecule is Cc1nnc2n1-c1sc3c(c1C(c1ccccc1Cl)=NC2C)CCN(C(=O)c1ccc(OCc2ccc4ccccc4n2)cc1)C3. The van der Waals surface area contributed by atoms with Gasteiger partial charge in [-0.05, 0) is 68.3 Å². The van der Waals surface area contributed by atoms with Crippen LogP contribution in [0.2, 0.25) is 5.02 Å². The maximum Gasteiger partial charge on any atom is 0.254 e. The molecule has 8 rings (SSSR count). The fourth-order valence-electron chi connectivity index (χ4n) is 6.26. The quantitative estimate of drug-likeness (QED) is 0.194. The molecule has 2 aliphatic heterocycles. The minimum atomic E-state index is -0.194. The first-order chi connectivity index (χ1) is 22.4. The van der Waals surface area contributed by atoms with Gasteiger partial charge in [-0.3, -0.25) is 14.4 Å². The van der Waals surface area contributed by atoms with Crippen LogP contribution in [0.4, 0.5) is 0 Å². The first-order valence-corrected chi connectivity index (χ1v) is 16.4. The molecule has 0 saturated carbocycles. The summed E-state index contributed by atoms with van der Waals surface area (Å²) in [6, 6.07) is 27.1. The van der Waals surface area contributed by atoms with E-state index in [1.54, 1.807) is 11.3 Å². The number of para-hydroxylation sites is 1. The first-order valence-electron chi connectivity index (χ1n) is 15.2. The van der Waals surface area contributed by atoms with Gasteiger partial charge in [-0.15, -0.1) is 21.5 Å². The molecular weight excluding hydrogens is 616 g/mol. The Kier molecular flexibility index (Phi) is 7.15. The van der Waals surface area contributed by atoms with Crippen LogP contribution in [0.15, 0.2) is 89.9 Å². The van der Waals surface area contributed by atoms with Crippen molar-refractivity contribution in [3.8, 4) is 10.8 Å². The summed E-state index contributed by atoms with van der Waals surface area (Å²) in [7, 11) is 0. The van der Waals surface area contributed by atoms with E-state index in [0.29, 0.717) is 42.5 Å². The fourth-order valence-corrected chi connectivity index (χ4v) is 7.91. The number of carbonyl (C=O) groups is 1. The lowest BCUT2D eigenvalue weighted by atomic mass is 9.95. The van der Waals surface area contributed by atoms with Gasteiger partial charge in [-0.2, -0.15) is 0 Å². The molecule has 3 aromatic carbocycles. The number of benzene rings is 3. The Labute approximate surface area is 275 Å². The lowest BCUT2D eigenvalue weighted by Crippen LogP contribution is -2.35. The highest BCUT2D eigenvalue weighted by Gasteiger charge is 2.34. The fraction of sp³-hybridized carbons (Fsp3) is 0.194. The summed E-state index contributed by atoms with van der Waals surface area (Å²) in [5, 5.41) is 11.7. The van der Waals surface area contributed by atoms with E-state index >= 15 is 0 Å². The number of thiophene rings is 1. The van der Waals surface area contributed by atoms with E-state index < -0.39 is 0 Å². The normalized spacial score (nSPS) is 15.5. The molecule has 0 radical (unpaired) electrons. The van der Waals surface area contributed by atoms with E-state index in [1.807, 2.05) is 97.6 Å². The summed E-state index contributed by atoms with van der Waals surface area (Å²) < 4.78 is 8.12. The van der Waals surface area contributed by atoms with Crippen LogP contribution in [0, 0.1) is 6.92 Å². The topological polar surface area (TPSA) is 85.5 Å². The third-order valence-corrected chi connectivity index (χ3v) is 10.1. The van der Waals surface area contributed by atoms with Gasteiger partial charge in [0.2, 0.25) is 0 Å². The Morgan fingerprint density at radius 2 is 1.80 bits per heavy atom. The molecule has 10 heteroatoms. The van der Waals surface area contributed by atoms with E-state index in [4.69, 9.17) is 21.3 Å². The maximum atomic E-state index is 13.7. The van der Waals surface area contributed by atoms with E-state index in [1.165, 1.54) is 5.56 Å². The average molecular weight is 645 g/mol. The summed E-state index contributed by atoms with van der Waals surface area (Å²) in [4.78, 5) is 26.6. The standard InChI is InChI=1S/C36H29ClN6O2S/c1-21-34-41-40-22(2)43(34)36-32(33(38-21)27-8-4-5-9-29(27)37)28-17-18-42(19-31(28)46-36)35(44)24-12-15-26(16-13-24)45-20-25-14-11-23-7-3-6-10-30(23)39-25/h3-16,21H,17-20H2,1-2H3. The molecule has 1 atom stereocenters. The van der Waals surface area contributed by atoms with Gasteiger partial charge in [0.05, 0.1) is 23.5 Å². The number of halogens is 1. The molecule has 1 amide bonds.